The van der Waals surface area contributed by atoms with Gasteiger partial charge in [0.25, 0.3) is 6.47 Å². The van der Waals surface area contributed by atoms with E-state index in [9.17, 15) is 9.90 Å². The van der Waals surface area contributed by atoms with Crippen LogP contribution < -0.4 is 0 Å². The smallest absolute Gasteiger partial charge is 0.292 e. The van der Waals surface area contributed by atoms with E-state index in [1.165, 1.54) is 70.5 Å². The van der Waals surface area contributed by atoms with Crippen molar-refractivity contribution in [3.05, 3.63) is 23.3 Å². The van der Waals surface area contributed by atoms with E-state index in [2.05, 4.69) is 23.8 Å². The molecule has 0 radical (unpaired) electrons. The number of unbranched alkanes of at least 4 members (excludes halogenated alkanes) is 2. The number of methoxy groups -OCH3 is 1. The van der Waals surface area contributed by atoms with Gasteiger partial charge in [0.05, 0.1) is 13.2 Å². The predicted molar refractivity (Wildman–Crippen MR) is 134 cm³/mol. The fourth-order valence-corrected chi connectivity index (χ4v) is 6.21. The zero-order valence-corrected chi connectivity index (χ0v) is 21.5. The van der Waals surface area contributed by atoms with Crippen LogP contribution in [-0.2, 0) is 14.3 Å². The van der Waals surface area contributed by atoms with E-state index in [0.29, 0.717) is 17.7 Å². The van der Waals surface area contributed by atoms with Crippen molar-refractivity contribution in [2.24, 2.45) is 17.3 Å². The van der Waals surface area contributed by atoms with Crippen molar-refractivity contribution in [1.82, 2.24) is 0 Å². The van der Waals surface area contributed by atoms with Gasteiger partial charge in [0.2, 0.25) is 0 Å². The first-order chi connectivity index (χ1) is 15.9. The van der Waals surface area contributed by atoms with Gasteiger partial charge in [-0.25, -0.2) is 0 Å². The molecule has 0 saturated heterocycles. The highest BCUT2D eigenvalue weighted by atomic mass is 16.5. The minimum atomic E-state index is -0.112. The van der Waals surface area contributed by atoms with Gasteiger partial charge in [-0.15, -0.1) is 0 Å². The Kier molecular flexibility index (Phi) is 14.5. The van der Waals surface area contributed by atoms with E-state index >= 15 is 0 Å². The Labute approximate surface area is 201 Å². The molecule has 0 heterocycles. The van der Waals surface area contributed by atoms with E-state index in [0.717, 1.165) is 51.0 Å². The van der Waals surface area contributed by atoms with Crippen molar-refractivity contribution in [3.63, 3.8) is 0 Å². The number of rotatable bonds is 8. The normalized spacial score (nSPS) is 31.0. The summed E-state index contributed by atoms with van der Waals surface area (Å²) < 4.78 is 3.86. The average molecular weight is 465 g/mol. The number of aliphatic hydroxyl groups excluding tert-OH is 2. The lowest BCUT2D eigenvalue weighted by Gasteiger charge is -2.42. The molecule has 4 atom stereocenters. The molecule has 3 fully saturated rings. The third-order valence-corrected chi connectivity index (χ3v) is 7.90. The highest BCUT2D eigenvalue weighted by Crippen LogP contribution is 2.58. The Morgan fingerprint density at radius 2 is 1.82 bits per heavy atom. The topological polar surface area (TPSA) is 83.8 Å². The second-order valence-electron chi connectivity index (χ2n) is 10.1. The zero-order valence-electron chi connectivity index (χ0n) is 21.5. The lowest BCUT2D eigenvalue weighted by atomic mass is 9.62. The van der Waals surface area contributed by atoms with Crippen molar-refractivity contribution in [2.75, 3.05) is 14.2 Å². The molecule has 3 saturated carbocycles. The molecule has 5 heteroatoms. The number of carbonyl (C=O) groups is 2. The van der Waals surface area contributed by atoms with Gasteiger partial charge in [-0.3, -0.25) is 4.79 Å². The number of Topliss-reactive ketones (excluding diaryl/α,β-unsaturated/α-hetero) is 1. The van der Waals surface area contributed by atoms with Gasteiger partial charge in [0.1, 0.15) is 5.78 Å². The Morgan fingerprint density at radius 3 is 2.45 bits per heavy atom. The van der Waals surface area contributed by atoms with Crippen LogP contribution in [0.5, 0.6) is 0 Å². The molecule has 0 aromatic rings. The number of fused-ring (bicyclic) bond motifs is 1. The van der Waals surface area contributed by atoms with Gasteiger partial charge >= 0.3 is 0 Å². The molecule has 0 spiro atoms. The maximum atomic E-state index is 11.1. The van der Waals surface area contributed by atoms with Gasteiger partial charge in [-0.2, -0.15) is 0 Å². The number of ketones is 1. The van der Waals surface area contributed by atoms with Crippen molar-refractivity contribution in [3.8, 4) is 0 Å². The fourth-order valence-electron chi connectivity index (χ4n) is 6.21. The first-order valence-electron chi connectivity index (χ1n) is 12.9. The van der Waals surface area contributed by atoms with Gasteiger partial charge < -0.3 is 19.7 Å². The SMILES string of the molecule is CC(=O)CCCCCC1CCC2/C(=C/C=C3/CCCC(O)C3)CCCC12C.CO.COC=O. The van der Waals surface area contributed by atoms with Crippen molar-refractivity contribution >= 4 is 12.3 Å². The molecule has 0 aromatic carbocycles. The number of carbonyl (C=O) groups excluding carboxylic acids is 2. The van der Waals surface area contributed by atoms with Gasteiger partial charge in [0, 0.05) is 13.5 Å². The molecule has 0 aromatic heterocycles. The lowest BCUT2D eigenvalue weighted by molar-refractivity contribution is -0.126. The molecule has 3 aliphatic rings. The van der Waals surface area contributed by atoms with E-state index in [-0.39, 0.29) is 6.10 Å². The largest absolute Gasteiger partial charge is 0.471 e. The Hall–Kier alpha value is -1.46. The minimum absolute atomic E-state index is 0.112. The maximum absolute atomic E-state index is 11.1. The molecular weight excluding hydrogens is 416 g/mol. The molecule has 33 heavy (non-hydrogen) atoms. The summed E-state index contributed by atoms with van der Waals surface area (Å²) in [4.78, 5) is 20.1. The molecule has 0 amide bonds. The Morgan fingerprint density at radius 1 is 1.09 bits per heavy atom. The number of ether oxygens (including phenoxy) is 1. The van der Waals surface area contributed by atoms with Crippen LogP contribution in [0.1, 0.15) is 104 Å². The quantitative estimate of drug-likeness (QED) is 0.344. The molecule has 190 valence electrons. The van der Waals surface area contributed by atoms with E-state index < -0.39 is 0 Å². The van der Waals surface area contributed by atoms with E-state index in [1.807, 2.05) is 0 Å². The fraction of sp³-hybridized carbons (Fsp3) is 0.786. The van der Waals surface area contributed by atoms with Crippen molar-refractivity contribution < 1.29 is 24.5 Å². The van der Waals surface area contributed by atoms with Crippen LogP contribution in [0.15, 0.2) is 23.3 Å². The summed E-state index contributed by atoms with van der Waals surface area (Å²) in [6.45, 7) is 4.65. The third kappa shape index (κ3) is 9.74. The molecule has 2 N–H and O–H groups in total. The summed E-state index contributed by atoms with van der Waals surface area (Å²) in [6.07, 6.45) is 21.3. The summed E-state index contributed by atoms with van der Waals surface area (Å²) in [6, 6.07) is 0. The summed E-state index contributed by atoms with van der Waals surface area (Å²) in [5, 5.41) is 16.9. The molecular formula is C28H48O5. The second-order valence-corrected chi connectivity index (χ2v) is 10.1. The van der Waals surface area contributed by atoms with Crippen LogP contribution >= 0.6 is 0 Å². The van der Waals surface area contributed by atoms with E-state index in [4.69, 9.17) is 9.90 Å². The van der Waals surface area contributed by atoms with E-state index in [1.54, 1.807) is 12.5 Å². The molecule has 5 nitrogen and oxygen atoms in total. The second kappa shape index (κ2) is 16.2. The van der Waals surface area contributed by atoms with Crippen molar-refractivity contribution in [1.29, 1.82) is 0 Å². The summed E-state index contributed by atoms with van der Waals surface area (Å²) in [5.41, 5.74) is 3.64. The maximum Gasteiger partial charge on any atom is 0.292 e. The summed E-state index contributed by atoms with van der Waals surface area (Å²) in [7, 11) is 2.31. The monoisotopic (exact) mass is 464 g/mol. The third-order valence-electron chi connectivity index (χ3n) is 7.90. The minimum Gasteiger partial charge on any atom is -0.471 e. The highest BCUT2D eigenvalue weighted by Gasteiger charge is 2.48. The standard InChI is InChI=1S/C25H40O2.C2H4O2.CH4O/c1-19(26)8-4-3-5-11-22-15-16-24-21(10-7-17-25(22,24)2)14-13-20-9-6-12-23(27)18-20;1-4-2-3;1-2/h13-14,22-24,27H,3-12,15-18H2,1-2H3;2H,1H3;2H,1H3/b20-13-,21-14+;;. The number of hydrogen-bond donors (Lipinski definition) is 2. The summed E-state index contributed by atoms with van der Waals surface area (Å²) >= 11 is 0. The average Bonchev–Trinajstić information content (AvgIpc) is 3.15. The van der Waals surface area contributed by atoms with Gasteiger partial charge in [0.15, 0.2) is 0 Å². The first-order valence-corrected chi connectivity index (χ1v) is 12.9. The summed E-state index contributed by atoms with van der Waals surface area (Å²) in [5.74, 6) is 1.98. The van der Waals surface area contributed by atoms with Gasteiger partial charge in [-0.1, -0.05) is 43.1 Å². The predicted octanol–water partition coefficient (Wildman–Crippen LogP) is 5.93. The highest BCUT2D eigenvalue weighted by molar-refractivity contribution is 5.75. The molecule has 0 aliphatic heterocycles. The van der Waals surface area contributed by atoms with Crippen LogP contribution in [0.25, 0.3) is 0 Å². The van der Waals surface area contributed by atoms with Gasteiger partial charge in [-0.05, 0) is 94.8 Å². The number of hydrogen-bond acceptors (Lipinski definition) is 5. The zero-order chi connectivity index (χ0) is 24.7. The van der Waals surface area contributed by atoms with Crippen LogP contribution in [-0.4, -0.2) is 42.8 Å². The first kappa shape index (κ1) is 29.6. The van der Waals surface area contributed by atoms with Crippen LogP contribution in [0.2, 0.25) is 0 Å². The molecule has 0 bridgehead atoms. The molecule has 4 unspecified atom stereocenters. The number of allylic oxidation sites excluding steroid dienone is 3. The van der Waals surface area contributed by atoms with Crippen LogP contribution in [0.4, 0.5) is 0 Å². The molecule has 3 rings (SSSR count). The Bertz CT molecular complexity index is 638. The van der Waals surface area contributed by atoms with Crippen molar-refractivity contribution in [2.45, 2.75) is 110 Å². The van der Waals surface area contributed by atoms with Crippen LogP contribution in [0.3, 0.4) is 0 Å². The number of aliphatic hydroxyl groups is 2. The molecule has 3 aliphatic carbocycles. The van der Waals surface area contributed by atoms with Crippen LogP contribution in [0, 0.1) is 17.3 Å². The lowest BCUT2D eigenvalue weighted by Crippen LogP contribution is -2.33. The Balaban J connectivity index is 0.000000820.